The second kappa shape index (κ2) is 1.47. The molecule has 0 heterocycles. The Morgan fingerprint density at radius 1 is 1.75 bits per heavy atom. The molecular formula is C6H9O2. The molecule has 0 unspecified atom stereocenters. The highest BCUT2D eigenvalue weighted by atomic mass is 16.6. The second-order valence-electron chi connectivity index (χ2n) is 2.28. The molecule has 2 nitrogen and oxygen atoms in total. The van der Waals surface area contributed by atoms with Crippen molar-refractivity contribution in [3.8, 4) is 0 Å². The zero-order valence-corrected chi connectivity index (χ0v) is 4.94. The third-order valence-corrected chi connectivity index (χ3v) is 1.17. The van der Waals surface area contributed by atoms with Gasteiger partial charge in [0.1, 0.15) is 5.60 Å². The number of carbonyl (C=O) groups is 1. The molecule has 0 spiro atoms. The normalized spacial score (nSPS) is 22.2. The van der Waals surface area contributed by atoms with Crippen LogP contribution in [0.2, 0.25) is 0 Å². The van der Waals surface area contributed by atoms with Crippen LogP contribution in [0.25, 0.3) is 0 Å². The molecule has 8 heavy (non-hydrogen) atoms. The van der Waals surface area contributed by atoms with E-state index in [9.17, 15) is 4.79 Å². The van der Waals surface area contributed by atoms with E-state index in [1.807, 2.05) is 0 Å². The largest absolute Gasteiger partial charge is 0.459 e. The van der Waals surface area contributed by atoms with Crippen molar-refractivity contribution < 1.29 is 9.53 Å². The van der Waals surface area contributed by atoms with Crippen LogP contribution in [0.4, 0.5) is 0 Å². The Morgan fingerprint density at radius 3 is 2.38 bits per heavy atom. The molecule has 0 N–H and O–H groups in total. The lowest BCUT2D eigenvalue weighted by Gasteiger charge is -2.06. The van der Waals surface area contributed by atoms with Crippen molar-refractivity contribution in [2.24, 2.45) is 0 Å². The van der Waals surface area contributed by atoms with E-state index < -0.39 is 0 Å². The van der Waals surface area contributed by atoms with Crippen molar-refractivity contribution in [1.82, 2.24) is 0 Å². The average molecular weight is 113 g/mol. The summed E-state index contributed by atoms with van der Waals surface area (Å²) in [6, 6.07) is 0. The third kappa shape index (κ3) is 1.22. The van der Waals surface area contributed by atoms with Crippen molar-refractivity contribution in [3.63, 3.8) is 0 Å². The van der Waals surface area contributed by atoms with Crippen molar-refractivity contribution in [1.29, 1.82) is 0 Å². The molecule has 0 atom stereocenters. The van der Waals surface area contributed by atoms with Crippen LogP contribution in [-0.4, -0.2) is 11.6 Å². The van der Waals surface area contributed by atoms with E-state index in [0.717, 1.165) is 12.8 Å². The van der Waals surface area contributed by atoms with Crippen molar-refractivity contribution in [3.05, 3.63) is 6.92 Å². The molecule has 0 bridgehead atoms. The van der Waals surface area contributed by atoms with Crippen LogP contribution in [0.15, 0.2) is 0 Å². The molecule has 0 aromatic heterocycles. The van der Waals surface area contributed by atoms with Gasteiger partial charge in [0.2, 0.25) is 0 Å². The summed E-state index contributed by atoms with van der Waals surface area (Å²) in [5, 5.41) is 0. The Labute approximate surface area is 48.8 Å². The molecule has 1 aliphatic rings. The van der Waals surface area contributed by atoms with Crippen LogP contribution >= 0.6 is 0 Å². The van der Waals surface area contributed by atoms with E-state index in [4.69, 9.17) is 4.74 Å². The highest BCUT2D eigenvalue weighted by Crippen LogP contribution is 2.38. The maximum atomic E-state index is 10.2. The zero-order valence-electron chi connectivity index (χ0n) is 4.94. The lowest BCUT2D eigenvalue weighted by Crippen LogP contribution is -2.12. The Hall–Kier alpha value is -0.530. The molecular weight excluding hydrogens is 104 g/mol. The standard InChI is InChI=1S/C6H9O2/c1-5(7)8-6(2)3-4-6/h2-4H2,1H3. The van der Waals surface area contributed by atoms with Crippen LogP contribution < -0.4 is 0 Å². The summed E-state index contributed by atoms with van der Waals surface area (Å²) < 4.78 is 4.80. The van der Waals surface area contributed by atoms with E-state index in [1.54, 1.807) is 0 Å². The molecule has 0 aromatic carbocycles. The topological polar surface area (TPSA) is 26.3 Å². The smallest absolute Gasteiger partial charge is 0.303 e. The first-order valence-electron chi connectivity index (χ1n) is 2.67. The van der Waals surface area contributed by atoms with Gasteiger partial charge in [0.05, 0.1) is 0 Å². The molecule has 1 radical (unpaired) electrons. The van der Waals surface area contributed by atoms with Gasteiger partial charge < -0.3 is 4.74 Å². The van der Waals surface area contributed by atoms with E-state index in [1.165, 1.54) is 6.92 Å². The SMILES string of the molecule is [CH2]C1(OC(C)=O)CC1. The molecule has 2 heteroatoms. The number of hydrogen-bond donors (Lipinski definition) is 0. The van der Waals surface area contributed by atoms with Gasteiger partial charge in [-0.2, -0.15) is 0 Å². The van der Waals surface area contributed by atoms with Gasteiger partial charge >= 0.3 is 5.97 Å². The predicted molar refractivity (Wildman–Crippen MR) is 29.1 cm³/mol. The summed E-state index contributed by atoms with van der Waals surface area (Å²) in [5.41, 5.74) is -0.328. The predicted octanol–water partition coefficient (Wildman–Crippen LogP) is 0.916. The van der Waals surface area contributed by atoms with E-state index >= 15 is 0 Å². The highest BCUT2D eigenvalue weighted by molar-refractivity contribution is 5.67. The molecule has 1 fully saturated rings. The van der Waals surface area contributed by atoms with E-state index in [0.29, 0.717) is 0 Å². The first-order chi connectivity index (χ1) is 3.62. The van der Waals surface area contributed by atoms with Crippen LogP contribution in [-0.2, 0) is 9.53 Å². The number of carbonyl (C=O) groups excluding carboxylic acids is 1. The number of ether oxygens (including phenoxy) is 1. The average Bonchev–Trinajstić information content (AvgIpc) is 2.17. The highest BCUT2D eigenvalue weighted by Gasteiger charge is 2.40. The molecule has 0 amide bonds. The van der Waals surface area contributed by atoms with Gasteiger partial charge in [0, 0.05) is 6.92 Å². The van der Waals surface area contributed by atoms with Gasteiger partial charge in [-0.3, -0.25) is 4.79 Å². The quantitative estimate of drug-likeness (QED) is 0.472. The van der Waals surface area contributed by atoms with E-state index in [-0.39, 0.29) is 11.6 Å². The minimum absolute atomic E-state index is 0.225. The Kier molecular flexibility index (Phi) is 1.03. The fraction of sp³-hybridized carbons (Fsp3) is 0.667. The van der Waals surface area contributed by atoms with Gasteiger partial charge in [-0.05, 0) is 19.8 Å². The molecule has 0 saturated heterocycles. The summed E-state index contributed by atoms with van der Waals surface area (Å²) in [5.74, 6) is -0.225. The third-order valence-electron chi connectivity index (χ3n) is 1.17. The first kappa shape index (κ1) is 5.60. The molecule has 1 aliphatic carbocycles. The summed E-state index contributed by atoms with van der Waals surface area (Å²) in [6.07, 6.45) is 1.85. The lowest BCUT2D eigenvalue weighted by molar-refractivity contribution is -0.145. The van der Waals surface area contributed by atoms with Gasteiger partial charge in [-0.25, -0.2) is 0 Å². The van der Waals surface area contributed by atoms with Gasteiger partial charge in [0.15, 0.2) is 0 Å². The minimum Gasteiger partial charge on any atom is -0.459 e. The van der Waals surface area contributed by atoms with Gasteiger partial charge in [-0.15, -0.1) is 0 Å². The van der Waals surface area contributed by atoms with Crippen LogP contribution in [0.5, 0.6) is 0 Å². The Bertz CT molecular complexity index is 114. The second-order valence-corrected chi connectivity index (χ2v) is 2.28. The molecule has 1 saturated carbocycles. The van der Waals surface area contributed by atoms with Crippen molar-refractivity contribution in [2.75, 3.05) is 0 Å². The number of esters is 1. The summed E-state index contributed by atoms with van der Waals surface area (Å²) in [4.78, 5) is 10.2. The van der Waals surface area contributed by atoms with Crippen molar-refractivity contribution >= 4 is 5.97 Å². The van der Waals surface area contributed by atoms with Gasteiger partial charge in [-0.1, -0.05) is 0 Å². The number of rotatable bonds is 1. The maximum Gasteiger partial charge on any atom is 0.303 e. The monoisotopic (exact) mass is 113 g/mol. The van der Waals surface area contributed by atoms with Crippen LogP contribution in [0.1, 0.15) is 19.8 Å². The lowest BCUT2D eigenvalue weighted by atomic mass is 10.4. The van der Waals surface area contributed by atoms with Crippen molar-refractivity contribution in [2.45, 2.75) is 25.4 Å². The number of hydrogen-bond acceptors (Lipinski definition) is 2. The Morgan fingerprint density at radius 2 is 2.25 bits per heavy atom. The maximum absolute atomic E-state index is 10.2. The molecule has 1 rings (SSSR count). The minimum atomic E-state index is -0.328. The van der Waals surface area contributed by atoms with Crippen LogP contribution in [0.3, 0.4) is 0 Å². The molecule has 45 valence electrons. The summed E-state index contributed by atoms with van der Waals surface area (Å²) >= 11 is 0. The first-order valence-corrected chi connectivity index (χ1v) is 2.67. The fourth-order valence-electron chi connectivity index (χ4n) is 0.546. The Balaban J connectivity index is 2.29. The molecule has 0 aromatic rings. The summed E-state index contributed by atoms with van der Waals surface area (Å²) in [7, 11) is 0. The summed E-state index contributed by atoms with van der Waals surface area (Å²) in [6.45, 7) is 5.09. The zero-order chi connectivity index (χ0) is 6.20. The van der Waals surface area contributed by atoms with E-state index in [2.05, 4.69) is 6.92 Å². The van der Waals surface area contributed by atoms with Gasteiger partial charge in [0.25, 0.3) is 0 Å². The fourth-order valence-corrected chi connectivity index (χ4v) is 0.546. The molecule has 0 aliphatic heterocycles. The van der Waals surface area contributed by atoms with Crippen LogP contribution in [0, 0.1) is 6.92 Å².